The minimum atomic E-state index is -4.77. The summed E-state index contributed by atoms with van der Waals surface area (Å²) in [5, 5.41) is 0. The number of aromatic nitrogens is 2. The van der Waals surface area contributed by atoms with Crippen LogP contribution in [-0.4, -0.2) is 60.6 Å². The molecule has 4 aromatic carbocycles. The first-order valence-electron chi connectivity index (χ1n) is 25.4. The molecule has 2 aromatic heterocycles. The zero-order chi connectivity index (χ0) is 53.7. The number of allylic oxidation sites excluding steroid dienone is 2. The van der Waals surface area contributed by atoms with E-state index in [4.69, 9.17) is 9.47 Å². The maximum Gasteiger partial charge on any atom is 0.344 e. The summed E-state index contributed by atoms with van der Waals surface area (Å²) in [5.74, 6) is 0.913. The predicted molar refractivity (Wildman–Crippen MR) is 293 cm³/mol. The van der Waals surface area contributed by atoms with Crippen molar-refractivity contribution in [1.82, 2.24) is 13.9 Å². The van der Waals surface area contributed by atoms with Crippen molar-refractivity contribution in [3.63, 3.8) is 0 Å². The number of sulfonamides is 2. The smallest absolute Gasteiger partial charge is 0.344 e. The van der Waals surface area contributed by atoms with E-state index < -0.39 is 57.4 Å². The van der Waals surface area contributed by atoms with Crippen molar-refractivity contribution in [2.45, 2.75) is 89.5 Å². The van der Waals surface area contributed by atoms with Crippen LogP contribution in [0.1, 0.15) is 73.2 Å². The summed E-state index contributed by atoms with van der Waals surface area (Å²) in [5.41, 5.74) is 4.39. The maximum atomic E-state index is 15.5. The fraction of sp³-hybridized carbons (Fsp3) is 0.344. The molecule has 6 aromatic rings. The lowest BCUT2D eigenvalue weighted by atomic mass is 9.61. The lowest BCUT2D eigenvalue weighted by molar-refractivity contribution is -0.152. The van der Waals surface area contributed by atoms with Gasteiger partial charge in [0.05, 0.1) is 31.0 Å². The minimum absolute atomic E-state index is 0. The third kappa shape index (κ3) is 12.1. The van der Waals surface area contributed by atoms with Crippen LogP contribution < -0.4 is 0 Å². The number of hydrogen-bond donors (Lipinski definition) is 0. The number of carbonyl (C=O) groups excluding carboxylic acids is 2. The highest BCUT2D eigenvalue weighted by molar-refractivity contribution is 8.03. The largest absolute Gasteiger partial charge is 0.462 e. The molecule has 0 spiro atoms. The molecule has 2 saturated heterocycles. The fourth-order valence-corrected chi connectivity index (χ4v) is 14.1. The number of carbonyl (C=O) groups is 2. The highest BCUT2D eigenvalue weighted by Crippen LogP contribution is 2.53. The number of rotatable bonds is 10. The number of nitrogens with zero attached hydrogens (tertiary/aromatic N) is 3. The number of ether oxygens (including phenoxy) is 2. The number of esters is 2. The quantitative estimate of drug-likeness (QED) is 0.0958. The van der Waals surface area contributed by atoms with Gasteiger partial charge >= 0.3 is 11.9 Å². The predicted octanol–water partition coefficient (Wildman–Crippen LogP) is 13.1. The van der Waals surface area contributed by atoms with Crippen LogP contribution in [0, 0.1) is 53.3 Å². The molecule has 0 unspecified atom stereocenters. The van der Waals surface area contributed by atoms with Crippen molar-refractivity contribution in [3.8, 4) is 22.3 Å². The van der Waals surface area contributed by atoms with E-state index in [9.17, 15) is 30.9 Å². The number of hydrogen-bond acceptors (Lipinski definition) is 10. The summed E-state index contributed by atoms with van der Waals surface area (Å²) in [7, 11) is -9.53. The number of alkyl halides is 1. The molecule has 15 heteroatoms. The van der Waals surface area contributed by atoms with Crippen LogP contribution in [0.2, 0.25) is 0 Å². The number of halogens is 2. The molecule has 0 amide bonds. The maximum absolute atomic E-state index is 15.5. The Morgan fingerprint density at radius 3 is 1.45 bits per heavy atom. The Balaban J connectivity index is 0.000000167. The molecule has 4 fully saturated rings. The molecule has 2 aliphatic heterocycles. The van der Waals surface area contributed by atoms with Crippen molar-refractivity contribution in [2.75, 3.05) is 0 Å². The Bertz CT molecular complexity index is 3120. The Hall–Kier alpha value is -6.68. The molecule has 4 aliphatic rings. The summed E-state index contributed by atoms with van der Waals surface area (Å²) in [6, 6.07) is 41.6. The van der Waals surface area contributed by atoms with E-state index in [2.05, 4.69) is 79.3 Å². The summed E-state index contributed by atoms with van der Waals surface area (Å²) < 4.78 is 86.9. The first-order valence-corrected chi connectivity index (χ1v) is 28.3. The van der Waals surface area contributed by atoms with Crippen LogP contribution in [0.25, 0.3) is 34.4 Å². The Morgan fingerprint density at radius 1 is 0.566 bits per heavy atom. The Morgan fingerprint density at radius 2 is 1.00 bits per heavy atom. The Kier molecular flexibility index (Phi) is 18.1. The highest BCUT2D eigenvalue weighted by atomic mass is 32.3. The molecule has 400 valence electrons. The van der Waals surface area contributed by atoms with Crippen LogP contribution in [0.4, 0.5) is 8.87 Å². The molecule has 10 rings (SSSR count). The molecule has 2 aliphatic carbocycles. The summed E-state index contributed by atoms with van der Waals surface area (Å²) in [4.78, 5) is 32.6. The van der Waals surface area contributed by atoms with Crippen molar-refractivity contribution >= 4 is 44.1 Å². The number of benzene rings is 4. The molecule has 2 saturated carbocycles. The van der Waals surface area contributed by atoms with Crippen molar-refractivity contribution in [1.29, 1.82) is 0 Å². The number of fused-ring (bicyclic) bond motifs is 2. The van der Waals surface area contributed by atoms with Gasteiger partial charge in [0.2, 0.25) is 5.67 Å². The lowest BCUT2D eigenvalue weighted by Crippen LogP contribution is -2.50. The average molecular weight is 1070 g/mol. The summed E-state index contributed by atoms with van der Waals surface area (Å²) in [6.45, 7) is 12.6. The van der Waals surface area contributed by atoms with Crippen LogP contribution in [-0.2, 0) is 39.1 Å². The molecular formula is C61H67F2N3O8S2. The molecule has 11 nitrogen and oxygen atoms in total. The molecule has 0 radical (unpaired) electrons. The molecule has 12 atom stereocenters. The van der Waals surface area contributed by atoms with Crippen molar-refractivity contribution in [3.05, 3.63) is 182 Å². The van der Waals surface area contributed by atoms with Gasteiger partial charge in [0, 0.05) is 35.4 Å². The van der Waals surface area contributed by atoms with E-state index in [1.807, 2.05) is 86.9 Å². The van der Waals surface area contributed by atoms with Gasteiger partial charge in [-0.15, -0.1) is 4.48 Å². The standard InChI is InChI=1S/C24H26FNO2.C24H27NO2.C12H10FNO4S2.CH4/c1-15-13-24(25)22(17(3)28-23(24)27)21(16(15)2)12-11-20-10-9-19(14-26-20)18-7-5-4-6-8-18;1-15-13-22-23(17(3)27-24(22)26)21(16(15)2)12-11-20-10-9-19(14-25-20)18-7-5-4-6-8-18;13-14(19(15,16)11-7-3-1-4-8-11)20(17,18)12-9-5-2-6-10-12;/h4-12,14-17,21-22H,13H2,1-3H3;4-12,14-17,21-23H,13H2,1-3H3;1-10H;1H4/b2*12-11+;;/t15-,16+,17+,21-,22-,24-;15-,16+,17+,21-,22+,23-;;/m00../s1. The second-order valence-electron chi connectivity index (χ2n) is 20.3. The molecule has 76 heavy (non-hydrogen) atoms. The number of pyridine rings is 2. The summed E-state index contributed by atoms with van der Waals surface area (Å²) >= 11 is 0. The second kappa shape index (κ2) is 24.1. The summed E-state index contributed by atoms with van der Waals surface area (Å²) in [6.07, 6.45) is 12.9. The molecule has 0 bridgehead atoms. The Labute approximate surface area is 447 Å². The molecular weight excluding hydrogens is 1000 g/mol. The second-order valence-corrected chi connectivity index (χ2v) is 24.0. The first kappa shape index (κ1) is 57.0. The average Bonchev–Trinajstić information content (AvgIpc) is 3.84. The van der Waals surface area contributed by atoms with Gasteiger partial charge in [-0.25, -0.2) is 26.0 Å². The first-order chi connectivity index (χ1) is 35.8. The topological polar surface area (TPSA) is 150 Å². The molecule has 4 heterocycles. The van der Waals surface area contributed by atoms with E-state index >= 15 is 4.39 Å². The van der Waals surface area contributed by atoms with Gasteiger partial charge in [-0.2, -0.15) is 0 Å². The van der Waals surface area contributed by atoms with E-state index in [0.717, 1.165) is 58.8 Å². The van der Waals surface area contributed by atoms with Gasteiger partial charge in [0.1, 0.15) is 12.2 Å². The van der Waals surface area contributed by atoms with Gasteiger partial charge in [0.25, 0.3) is 20.0 Å². The van der Waals surface area contributed by atoms with Gasteiger partial charge in [-0.1, -0.05) is 156 Å². The van der Waals surface area contributed by atoms with E-state index in [1.165, 1.54) is 42.0 Å². The van der Waals surface area contributed by atoms with Gasteiger partial charge in [-0.3, -0.25) is 14.8 Å². The fourth-order valence-electron chi connectivity index (χ4n) is 11.2. The van der Waals surface area contributed by atoms with Gasteiger partial charge < -0.3 is 9.47 Å². The van der Waals surface area contributed by atoms with E-state index in [1.54, 1.807) is 6.92 Å². The zero-order valence-corrected chi connectivity index (χ0v) is 44.4. The third-order valence-corrected chi connectivity index (χ3v) is 19.3. The van der Waals surface area contributed by atoms with Crippen molar-refractivity contribution in [2.24, 2.45) is 53.3 Å². The molecule has 0 N–H and O–H groups in total. The van der Waals surface area contributed by atoms with Gasteiger partial charge in [-0.05, 0) is 122 Å². The van der Waals surface area contributed by atoms with Crippen LogP contribution in [0.15, 0.2) is 180 Å². The van der Waals surface area contributed by atoms with Crippen LogP contribution in [0.3, 0.4) is 0 Å². The third-order valence-electron chi connectivity index (χ3n) is 15.6. The monoisotopic (exact) mass is 1070 g/mol. The normalized spacial score (nSPS) is 27.9. The van der Waals surface area contributed by atoms with Crippen LogP contribution >= 0.6 is 0 Å². The minimum Gasteiger partial charge on any atom is -0.462 e. The van der Waals surface area contributed by atoms with Crippen molar-refractivity contribution < 1.29 is 44.8 Å². The zero-order valence-electron chi connectivity index (χ0n) is 42.8. The SMILES string of the molecule is C.C[C@H]1[C@H](/C=C/c2ccc(-c3ccccc3)cn2)[C@@H]2[C@@H](C)OC(=O)[C@@H]2C[C@@H]1C.C[C@H]1[C@H](/C=C/c2ccc(-c3ccccc3)cn2)[C@@H]2[C@@H](C)OC(=O)[C@]2(F)C[C@@H]1C.O=S(=O)(c1ccccc1)N(F)S(=O)(=O)c1ccccc1. The van der Waals surface area contributed by atoms with E-state index in [0.29, 0.717) is 17.8 Å². The highest BCUT2D eigenvalue weighted by Gasteiger charge is 2.63. The van der Waals surface area contributed by atoms with Crippen LogP contribution in [0.5, 0.6) is 0 Å². The lowest BCUT2D eigenvalue weighted by Gasteiger charge is -2.43. The number of cyclic esters (lactones) is 2. The van der Waals surface area contributed by atoms with Gasteiger partial charge in [0.15, 0.2) is 0 Å². The van der Waals surface area contributed by atoms with E-state index in [-0.39, 0.29) is 55.5 Å².